The first-order valence-corrected chi connectivity index (χ1v) is 8.95. The SMILES string of the molecule is C[C@H]1CN(C(=O)c2ccn(C)c(=O)c2)Cc2nnc(Cc3ccccc3)n21. The number of benzene rings is 1. The zero-order valence-corrected chi connectivity index (χ0v) is 15.4. The number of carbonyl (C=O) groups excluding carboxylic acids is 1. The van der Waals surface area contributed by atoms with Crippen LogP contribution in [-0.4, -0.2) is 36.7 Å². The summed E-state index contributed by atoms with van der Waals surface area (Å²) in [6.07, 6.45) is 2.32. The Labute approximate surface area is 156 Å². The van der Waals surface area contributed by atoms with Crippen LogP contribution >= 0.6 is 0 Å². The lowest BCUT2D eigenvalue weighted by atomic mass is 10.1. The summed E-state index contributed by atoms with van der Waals surface area (Å²) in [4.78, 5) is 26.4. The zero-order valence-electron chi connectivity index (χ0n) is 15.4. The van der Waals surface area contributed by atoms with E-state index < -0.39 is 0 Å². The van der Waals surface area contributed by atoms with Crippen molar-refractivity contribution in [3.63, 3.8) is 0 Å². The molecule has 0 spiro atoms. The second-order valence-electron chi connectivity index (χ2n) is 6.96. The van der Waals surface area contributed by atoms with E-state index in [9.17, 15) is 9.59 Å². The highest BCUT2D eigenvalue weighted by atomic mass is 16.2. The van der Waals surface area contributed by atoms with Crippen LogP contribution in [0.4, 0.5) is 0 Å². The van der Waals surface area contributed by atoms with E-state index in [2.05, 4.69) is 33.8 Å². The van der Waals surface area contributed by atoms with E-state index >= 15 is 0 Å². The average molecular weight is 363 g/mol. The second kappa shape index (κ2) is 6.83. The molecule has 1 amide bonds. The van der Waals surface area contributed by atoms with Gasteiger partial charge in [0, 0.05) is 37.8 Å². The Morgan fingerprint density at radius 1 is 1.19 bits per heavy atom. The van der Waals surface area contributed by atoms with Crippen molar-refractivity contribution in [3.8, 4) is 0 Å². The van der Waals surface area contributed by atoms with Gasteiger partial charge in [-0.05, 0) is 18.6 Å². The lowest BCUT2D eigenvalue weighted by molar-refractivity contribution is 0.0679. The minimum atomic E-state index is -0.195. The lowest BCUT2D eigenvalue weighted by Crippen LogP contribution is -2.41. The fraction of sp³-hybridized carbons (Fsp3) is 0.300. The summed E-state index contributed by atoms with van der Waals surface area (Å²) in [6, 6.07) is 13.3. The topological polar surface area (TPSA) is 73.0 Å². The molecule has 0 bridgehead atoms. The molecule has 27 heavy (non-hydrogen) atoms. The molecule has 0 saturated heterocycles. The van der Waals surface area contributed by atoms with Gasteiger partial charge in [-0.25, -0.2) is 0 Å². The Hall–Kier alpha value is -3.22. The Morgan fingerprint density at radius 3 is 2.70 bits per heavy atom. The van der Waals surface area contributed by atoms with Crippen LogP contribution in [0.2, 0.25) is 0 Å². The minimum Gasteiger partial charge on any atom is -0.329 e. The maximum absolute atomic E-state index is 12.8. The van der Waals surface area contributed by atoms with Crippen molar-refractivity contribution < 1.29 is 4.79 Å². The number of pyridine rings is 1. The molecule has 2 aromatic heterocycles. The maximum atomic E-state index is 12.8. The van der Waals surface area contributed by atoms with Gasteiger partial charge in [0.25, 0.3) is 11.5 Å². The van der Waals surface area contributed by atoms with E-state index in [1.54, 1.807) is 24.2 Å². The summed E-state index contributed by atoms with van der Waals surface area (Å²) in [5.74, 6) is 1.53. The molecule has 1 aromatic carbocycles. The van der Waals surface area contributed by atoms with Crippen LogP contribution in [0.25, 0.3) is 0 Å². The fourth-order valence-corrected chi connectivity index (χ4v) is 3.53. The van der Waals surface area contributed by atoms with Gasteiger partial charge in [-0.15, -0.1) is 10.2 Å². The largest absolute Gasteiger partial charge is 0.329 e. The summed E-state index contributed by atoms with van der Waals surface area (Å²) < 4.78 is 3.57. The van der Waals surface area contributed by atoms with Crippen molar-refractivity contribution in [2.45, 2.75) is 25.9 Å². The van der Waals surface area contributed by atoms with Crippen molar-refractivity contribution >= 4 is 5.91 Å². The predicted molar refractivity (Wildman–Crippen MR) is 100 cm³/mol. The van der Waals surface area contributed by atoms with Gasteiger partial charge in [-0.1, -0.05) is 30.3 Å². The fourth-order valence-electron chi connectivity index (χ4n) is 3.53. The number of carbonyl (C=O) groups is 1. The Kier molecular flexibility index (Phi) is 4.35. The number of aryl methyl sites for hydroxylation is 1. The number of amides is 1. The third-order valence-corrected chi connectivity index (χ3v) is 4.94. The van der Waals surface area contributed by atoms with Crippen molar-refractivity contribution in [2.75, 3.05) is 6.54 Å². The molecule has 138 valence electrons. The summed E-state index contributed by atoms with van der Waals surface area (Å²) in [5.41, 5.74) is 1.39. The smallest absolute Gasteiger partial charge is 0.254 e. The summed E-state index contributed by atoms with van der Waals surface area (Å²) in [5, 5.41) is 8.67. The summed E-state index contributed by atoms with van der Waals surface area (Å²) in [7, 11) is 1.66. The van der Waals surface area contributed by atoms with Crippen LogP contribution in [0, 0.1) is 0 Å². The van der Waals surface area contributed by atoms with Gasteiger partial charge in [0.05, 0.1) is 12.6 Å². The molecular formula is C20H21N5O2. The highest BCUT2D eigenvalue weighted by Gasteiger charge is 2.29. The number of aromatic nitrogens is 4. The average Bonchev–Trinajstić information content (AvgIpc) is 3.07. The van der Waals surface area contributed by atoms with Gasteiger partial charge in [0.2, 0.25) is 0 Å². The maximum Gasteiger partial charge on any atom is 0.254 e. The minimum absolute atomic E-state index is 0.0676. The Morgan fingerprint density at radius 2 is 1.96 bits per heavy atom. The van der Waals surface area contributed by atoms with Crippen LogP contribution in [0.15, 0.2) is 53.5 Å². The first kappa shape index (κ1) is 17.2. The standard InChI is InChI=1S/C20H21N5O2/c1-14-12-24(20(27)16-8-9-23(2)19(26)11-16)13-18-22-21-17(25(14)18)10-15-6-4-3-5-7-15/h3-9,11,14H,10,12-13H2,1-2H3/t14-/m0/s1. The van der Waals surface area contributed by atoms with Gasteiger partial charge in [0.1, 0.15) is 5.82 Å². The lowest BCUT2D eigenvalue weighted by Gasteiger charge is -2.32. The van der Waals surface area contributed by atoms with Crippen LogP contribution < -0.4 is 5.56 Å². The molecule has 7 nitrogen and oxygen atoms in total. The Balaban J connectivity index is 1.58. The zero-order chi connectivity index (χ0) is 19.0. The van der Waals surface area contributed by atoms with E-state index in [4.69, 9.17) is 0 Å². The van der Waals surface area contributed by atoms with Gasteiger partial charge in [0.15, 0.2) is 5.82 Å². The molecule has 1 aliphatic rings. The molecule has 3 aromatic rings. The highest BCUT2D eigenvalue weighted by Crippen LogP contribution is 2.24. The van der Waals surface area contributed by atoms with Crippen LogP contribution in [0.3, 0.4) is 0 Å². The molecule has 0 aliphatic carbocycles. The molecule has 4 rings (SSSR count). The first-order chi connectivity index (χ1) is 13.0. The van der Waals surface area contributed by atoms with Crippen LogP contribution in [0.1, 0.15) is 40.5 Å². The summed E-state index contributed by atoms with van der Waals surface area (Å²) in [6.45, 7) is 3.01. The van der Waals surface area contributed by atoms with Gasteiger partial charge in [-0.2, -0.15) is 0 Å². The van der Waals surface area contributed by atoms with Crippen LogP contribution in [-0.2, 0) is 20.0 Å². The number of rotatable bonds is 3. The second-order valence-corrected chi connectivity index (χ2v) is 6.96. The van der Waals surface area contributed by atoms with Crippen LogP contribution in [0.5, 0.6) is 0 Å². The Bertz CT molecular complexity index is 1040. The predicted octanol–water partition coefficient (Wildman–Crippen LogP) is 1.78. The molecule has 1 aliphatic heterocycles. The number of fused-ring (bicyclic) bond motifs is 1. The molecule has 0 radical (unpaired) electrons. The molecule has 7 heteroatoms. The van der Waals surface area contributed by atoms with Crippen molar-refractivity contribution in [1.29, 1.82) is 0 Å². The normalized spacial score (nSPS) is 16.2. The van der Waals surface area contributed by atoms with Gasteiger partial charge in [-0.3, -0.25) is 9.59 Å². The number of nitrogens with zero attached hydrogens (tertiary/aromatic N) is 5. The molecule has 0 saturated carbocycles. The quantitative estimate of drug-likeness (QED) is 0.711. The van der Waals surface area contributed by atoms with E-state index in [0.29, 0.717) is 25.1 Å². The molecule has 3 heterocycles. The third kappa shape index (κ3) is 3.28. The molecule has 0 unspecified atom stereocenters. The number of hydrogen-bond acceptors (Lipinski definition) is 4. The van der Waals surface area contributed by atoms with E-state index in [-0.39, 0.29) is 17.5 Å². The van der Waals surface area contributed by atoms with Crippen molar-refractivity contribution in [2.24, 2.45) is 7.05 Å². The molecule has 0 N–H and O–H groups in total. The summed E-state index contributed by atoms with van der Waals surface area (Å²) >= 11 is 0. The molecular weight excluding hydrogens is 342 g/mol. The van der Waals surface area contributed by atoms with E-state index in [1.165, 1.54) is 16.2 Å². The van der Waals surface area contributed by atoms with E-state index in [1.807, 2.05) is 18.2 Å². The van der Waals surface area contributed by atoms with Crippen molar-refractivity contribution in [3.05, 3.63) is 81.8 Å². The van der Waals surface area contributed by atoms with E-state index in [0.717, 1.165) is 11.6 Å². The molecule has 1 atom stereocenters. The highest BCUT2D eigenvalue weighted by molar-refractivity contribution is 5.94. The van der Waals surface area contributed by atoms with Gasteiger partial charge < -0.3 is 14.0 Å². The first-order valence-electron chi connectivity index (χ1n) is 8.95. The molecule has 0 fully saturated rings. The van der Waals surface area contributed by atoms with Crippen molar-refractivity contribution in [1.82, 2.24) is 24.2 Å². The van der Waals surface area contributed by atoms with Gasteiger partial charge >= 0.3 is 0 Å². The monoisotopic (exact) mass is 363 g/mol. The third-order valence-electron chi connectivity index (χ3n) is 4.94. The number of hydrogen-bond donors (Lipinski definition) is 0.